The first-order chi connectivity index (χ1) is 6.89. The number of aliphatic hydroxyl groups excluding tert-OH is 2. The first-order valence-corrected chi connectivity index (χ1v) is 4.92. The van der Waals surface area contributed by atoms with Crippen LogP contribution in [0.2, 0.25) is 0 Å². The lowest BCUT2D eigenvalue weighted by Crippen LogP contribution is -2.51. The zero-order valence-corrected chi connectivity index (χ0v) is 8.77. The molecule has 15 heavy (non-hydrogen) atoms. The average Bonchev–Trinajstić information content (AvgIpc) is 2.18. The van der Waals surface area contributed by atoms with Crippen molar-refractivity contribution in [3.05, 3.63) is 0 Å². The van der Waals surface area contributed by atoms with Crippen molar-refractivity contribution < 1.29 is 23.4 Å². The molecule has 3 N–H and O–H groups in total. The van der Waals surface area contributed by atoms with Gasteiger partial charge in [0, 0.05) is 6.42 Å². The summed E-state index contributed by atoms with van der Waals surface area (Å²) in [7, 11) is 0. The molecule has 0 aliphatic rings. The summed E-state index contributed by atoms with van der Waals surface area (Å²) in [5.41, 5.74) is -0.856. The predicted octanol–water partition coefficient (Wildman–Crippen LogP) is 1.05. The molecule has 6 heteroatoms. The van der Waals surface area contributed by atoms with Crippen LogP contribution in [0, 0.1) is 0 Å². The van der Waals surface area contributed by atoms with Crippen molar-refractivity contribution in [2.45, 2.75) is 37.9 Å². The largest absolute Gasteiger partial charge is 0.394 e. The Balaban J connectivity index is 3.82. The van der Waals surface area contributed by atoms with Gasteiger partial charge in [-0.3, -0.25) is 0 Å². The number of aliphatic hydroxyl groups is 2. The van der Waals surface area contributed by atoms with E-state index in [1.165, 1.54) is 0 Å². The zero-order chi connectivity index (χ0) is 11.9. The third-order valence-electron chi connectivity index (χ3n) is 2.42. The Labute approximate surface area is 87.3 Å². The molecule has 92 valence electrons. The summed E-state index contributed by atoms with van der Waals surface area (Å²) in [6.45, 7) is 1.32. The van der Waals surface area contributed by atoms with Gasteiger partial charge in [0.15, 0.2) is 0 Å². The van der Waals surface area contributed by atoms with Gasteiger partial charge in [0.1, 0.15) is 0 Å². The van der Waals surface area contributed by atoms with Gasteiger partial charge in [-0.05, 0) is 19.4 Å². The summed E-state index contributed by atoms with van der Waals surface area (Å²) in [4.78, 5) is 0. The van der Waals surface area contributed by atoms with E-state index in [2.05, 4.69) is 5.32 Å². The predicted molar refractivity (Wildman–Crippen MR) is 50.5 cm³/mol. The van der Waals surface area contributed by atoms with Crippen molar-refractivity contribution >= 4 is 0 Å². The molecule has 0 aromatic rings. The van der Waals surface area contributed by atoms with Gasteiger partial charge < -0.3 is 15.5 Å². The van der Waals surface area contributed by atoms with Crippen LogP contribution in [0.3, 0.4) is 0 Å². The fraction of sp³-hybridized carbons (Fsp3) is 1.00. The van der Waals surface area contributed by atoms with Crippen LogP contribution in [-0.4, -0.2) is 41.7 Å². The molecular weight excluding hydrogens is 211 g/mol. The Bertz CT molecular complexity index is 161. The van der Waals surface area contributed by atoms with E-state index in [0.717, 1.165) is 0 Å². The molecule has 0 aliphatic heterocycles. The van der Waals surface area contributed by atoms with Crippen LogP contribution in [0.5, 0.6) is 0 Å². The maximum Gasteiger partial charge on any atom is 0.389 e. The molecule has 0 atom stereocenters. The number of nitrogens with one attached hydrogen (secondary N) is 1. The molecule has 0 heterocycles. The minimum Gasteiger partial charge on any atom is -0.394 e. The van der Waals surface area contributed by atoms with E-state index in [4.69, 9.17) is 10.2 Å². The molecule has 0 saturated heterocycles. The molecule has 3 nitrogen and oxygen atoms in total. The first kappa shape index (κ1) is 14.7. The fourth-order valence-electron chi connectivity index (χ4n) is 1.15. The van der Waals surface area contributed by atoms with Gasteiger partial charge >= 0.3 is 6.18 Å². The van der Waals surface area contributed by atoms with Gasteiger partial charge in [-0.1, -0.05) is 6.92 Å². The second kappa shape index (κ2) is 6.30. The Kier molecular flexibility index (Phi) is 6.16. The highest BCUT2D eigenvalue weighted by atomic mass is 19.4. The summed E-state index contributed by atoms with van der Waals surface area (Å²) in [6.07, 6.45) is -4.58. The van der Waals surface area contributed by atoms with E-state index in [-0.39, 0.29) is 26.2 Å². The van der Waals surface area contributed by atoms with Crippen LogP contribution in [0.1, 0.15) is 26.2 Å². The lowest BCUT2D eigenvalue weighted by atomic mass is 9.98. The second-order valence-corrected chi connectivity index (χ2v) is 3.60. The summed E-state index contributed by atoms with van der Waals surface area (Å²) in [5, 5.41) is 20.7. The summed E-state index contributed by atoms with van der Waals surface area (Å²) in [6, 6.07) is 0. The van der Waals surface area contributed by atoms with Gasteiger partial charge in [0.05, 0.1) is 18.8 Å². The number of hydrogen-bond donors (Lipinski definition) is 3. The monoisotopic (exact) mass is 229 g/mol. The van der Waals surface area contributed by atoms with Gasteiger partial charge in [-0.25, -0.2) is 0 Å². The van der Waals surface area contributed by atoms with Crippen molar-refractivity contribution in [3.8, 4) is 0 Å². The maximum atomic E-state index is 11.8. The molecule has 0 radical (unpaired) electrons. The minimum atomic E-state index is -4.14. The molecule has 0 amide bonds. The van der Waals surface area contributed by atoms with Crippen LogP contribution >= 0.6 is 0 Å². The van der Waals surface area contributed by atoms with Gasteiger partial charge in [0.2, 0.25) is 0 Å². The van der Waals surface area contributed by atoms with E-state index in [0.29, 0.717) is 6.42 Å². The minimum absolute atomic E-state index is 0.0503. The summed E-state index contributed by atoms with van der Waals surface area (Å²) < 4.78 is 35.4. The maximum absolute atomic E-state index is 11.8. The van der Waals surface area contributed by atoms with Crippen molar-refractivity contribution in [3.63, 3.8) is 0 Å². The van der Waals surface area contributed by atoms with Crippen molar-refractivity contribution in [2.75, 3.05) is 19.8 Å². The Morgan fingerprint density at radius 3 is 2.00 bits per heavy atom. The molecule has 0 unspecified atom stereocenters. The normalized spacial score (nSPS) is 13.2. The number of hydrogen-bond acceptors (Lipinski definition) is 3. The molecule has 0 aliphatic carbocycles. The Hall–Kier alpha value is -0.330. The number of alkyl halides is 3. The molecule has 0 spiro atoms. The number of rotatable bonds is 7. The van der Waals surface area contributed by atoms with Crippen molar-refractivity contribution in [1.82, 2.24) is 5.32 Å². The molecule has 0 aromatic heterocycles. The van der Waals surface area contributed by atoms with E-state index >= 15 is 0 Å². The lowest BCUT2D eigenvalue weighted by Gasteiger charge is -2.29. The molecule has 0 fully saturated rings. The zero-order valence-electron chi connectivity index (χ0n) is 8.77. The first-order valence-electron chi connectivity index (χ1n) is 4.92. The smallest absolute Gasteiger partial charge is 0.389 e. The number of halogens is 3. The molecular formula is C9H18F3NO2. The quantitative estimate of drug-likeness (QED) is 0.572. The topological polar surface area (TPSA) is 52.5 Å². The van der Waals surface area contributed by atoms with Crippen LogP contribution in [0.4, 0.5) is 13.2 Å². The molecule has 0 rings (SSSR count). The summed E-state index contributed by atoms with van der Waals surface area (Å²) in [5.74, 6) is 0. The SMILES string of the molecule is CCC(CO)(CO)NCCCC(F)(F)F. The van der Waals surface area contributed by atoms with Crippen molar-refractivity contribution in [2.24, 2.45) is 0 Å². The van der Waals surface area contributed by atoms with E-state index in [1.54, 1.807) is 6.92 Å². The fourth-order valence-corrected chi connectivity index (χ4v) is 1.15. The van der Waals surface area contributed by atoms with Crippen LogP contribution in [0.25, 0.3) is 0 Å². The molecule has 0 bridgehead atoms. The van der Waals surface area contributed by atoms with Crippen LogP contribution in [-0.2, 0) is 0 Å². The third-order valence-corrected chi connectivity index (χ3v) is 2.42. The second-order valence-electron chi connectivity index (χ2n) is 3.60. The molecule has 0 saturated carbocycles. The highest BCUT2D eigenvalue weighted by Crippen LogP contribution is 2.21. The van der Waals surface area contributed by atoms with Crippen LogP contribution in [0.15, 0.2) is 0 Å². The van der Waals surface area contributed by atoms with Crippen molar-refractivity contribution in [1.29, 1.82) is 0 Å². The standard InChI is InChI=1S/C9H18F3NO2/c1-2-8(6-14,7-15)13-5-3-4-9(10,11)12/h13-15H,2-7H2,1H3. The third kappa shape index (κ3) is 5.96. The van der Waals surface area contributed by atoms with Gasteiger partial charge in [0.25, 0.3) is 0 Å². The lowest BCUT2D eigenvalue weighted by molar-refractivity contribution is -0.135. The van der Waals surface area contributed by atoms with E-state index in [1.807, 2.05) is 0 Å². The highest BCUT2D eigenvalue weighted by Gasteiger charge is 2.28. The van der Waals surface area contributed by atoms with Gasteiger partial charge in [-0.15, -0.1) is 0 Å². The highest BCUT2D eigenvalue weighted by molar-refractivity contribution is 4.85. The van der Waals surface area contributed by atoms with E-state index in [9.17, 15) is 13.2 Å². The van der Waals surface area contributed by atoms with E-state index < -0.39 is 18.1 Å². The van der Waals surface area contributed by atoms with Gasteiger partial charge in [-0.2, -0.15) is 13.2 Å². The average molecular weight is 229 g/mol. The Morgan fingerprint density at radius 1 is 1.13 bits per heavy atom. The van der Waals surface area contributed by atoms with Crippen LogP contribution < -0.4 is 5.32 Å². The molecule has 0 aromatic carbocycles. The Morgan fingerprint density at radius 2 is 1.67 bits per heavy atom. The summed E-state index contributed by atoms with van der Waals surface area (Å²) >= 11 is 0.